The molecular formula is C17H21Cl4N3OS. The maximum atomic E-state index is 12.3. The fourth-order valence-corrected chi connectivity index (χ4v) is 4.52. The molecule has 0 bridgehead atoms. The van der Waals surface area contributed by atoms with Crippen LogP contribution in [0.3, 0.4) is 0 Å². The van der Waals surface area contributed by atoms with Crippen molar-refractivity contribution in [2.24, 2.45) is 11.7 Å². The first kappa shape index (κ1) is 23.5. The van der Waals surface area contributed by atoms with Gasteiger partial charge in [0.25, 0.3) is 0 Å². The summed E-state index contributed by atoms with van der Waals surface area (Å²) in [4.78, 5) is 16.8. The molecule has 1 saturated carbocycles. The van der Waals surface area contributed by atoms with Crippen molar-refractivity contribution < 1.29 is 4.79 Å². The molecule has 1 aliphatic carbocycles. The van der Waals surface area contributed by atoms with Crippen LogP contribution >= 0.6 is 59.4 Å². The Kier molecular flexibility index (Phi) is 9.65. The highest BCUT2D eigenvalue weighted by molar-refractivity contribution is 7.13. The molecule has 0 radical (unpaired) electrons. The number of amides is 1. The Morgan fingerprint density at radius 2 is 2.08 bits per heavy atom. The molecule has 144 valence electrons. The van der Waals surface area contributed by atoms with E-state index in [2.05, 4.69) is 10.3 Å². The number of rotatable bonds is 5. The first-order chi connectivity index (χ1) is 11.6. The molecule has 0 aliphatic heterocycles. The standard InChI is InChI=1S/C17H19Cl2N3OS.2ClH/c18-11-4-5-13(14(19)6-11)17-21-12(9-24-17)7-16(23)22-15-3-1-2-10(15)8-20;;/h4-6,9-10,15H,1-3,7-8,20H2,(H,22,23);2*1H. The second-order valence-corrected chi connectivity index (χ2v) is 7.75. The van der Waals surface area contributed by atoms with Crippen LogP contribution in [0, 0.1) is 5.92 Å². The number of carbonyl (C=O) groups excluding carboxylic acids is 1. The number of nitrogens with one attached hydrogen (secondary N) is 1. The highest BCUT2D eigenvalue weighted by Crippen LogP contribution is 2.32. The fraction of sp³-hybridized carbons (Fsp3) is 0.412. The van der Waals surface area contributed by atoms with E-state index in [1.165, 1.54) is 11.3 Å². The van der Waals surface area contributed by atoms with E-state index in [0.717, 1.165) is 35.5 Å². The van der Waals surface area contributed by atoms with Gasteiger partial charge in [-0.2, -0.15) is 0 Å². The molecule has 2 atom stereocenters. The minimum atomic E-state index is -0.000553. The molecule has 2 unspecified atom stereocenters. The van der Waals surface area contributed by atoms with Crippen molar-refractivity contribution in [2.45, 2.75) is 31.7 Å². The van der Waals surface area contributed by atoms with Crippen LogP contribution in [0.25, 0.3) is 10.6 Å². The lowest BCUT2D eigenvalue weighted by Crippen LogP contribution is -2.40. The summed E-state index contributed by atoms with van der Waals surface area (Å²) in [5.74, 6) is 0.396. The number of nitrogens with two attached hydrogens (primary N) is 1. The van der Waals surface area contributed by atoms with Gasteiger partial charge in [0.2, 0.25) is 5.91 Å². The normalized spacial score (nSPS) is 18.7. The topological polar surface area (TPSA) is 68.0 Å². The smallest absolute Gasteiger partial charge is 0.226 e. The van der Waals surface area contributed by atoms with Crippen molar-refractivity contribution >= 4 is 65.3 Å². The summed E-state index contributed by atoms with van der Waals surface area (Å²) in [6.07, 6.45) is 3.51. The monoisotopic (exact) mass is 455 g/mol. The predicted molar refractivity (Wildman–Crippen MR) is 114 cm³/mol. The minimum Gasteiger partial charge on any atom is -0.353 e. The zero-order valence-corrected chi connectivity index (χ0v) is 17.9. The Labute approximate surface area is 179 Å². The number of nitrogens with zero attached hydrogens (tertiary/aromatic N) is 1. The molecule has 1 heterocycles. The number of benzene rings is 1. The Morgan fingerprint density at radius 3 is 2.77 bits per heavy atom. The van der Waals surface area contributed by atoms with E-state index in [0.29, 0.717) is 22.5 Å². The number of halogens is 4. The summed E-state index contributed by atoms with van der Waals surface area (Å²) in [7, 11) is 0. The van der Waals surface area contributed by atoms with Gasteiger partial charge in [-0.15, -0.1) is 36.2 Å². The zero-order chi connectivity index (χ0) is 17.1. The quantitative estimate of drug-likeness (QED) is 0.682. The Morgan fingerprint density at radius 1 is 1.31 bits per heavy atom. The average Bonchev–Trinajstić information content (AvgIpc) is 3.16. The zero-order valence-electron chi connectivity index (χ0n) is 13.9. The van der Waals surface area contributed by atoms with Crippen LogP contribution in [0.1, 0.15) is 25.0 Å². The van der Waals surface area contributed by atoms with Crippen molar-refractivity contribution in [1.82, 2.24) is 10.3 Å². The predicted octanol–water partition coefficient (Wildman–Crippen LogP) is 4.75. The highest BCUT2D eigenvalue weighted by Gasteiger charge is 2.27. The third-order valence-corrected chi connectivity index (χ3v) is 5.84. The Balaban J connectivity index is 0.00000169. The van der Waals surface area contributed by atoms with E-state index in [-0.39, 0.29) is 43.2 Å². The van der Waals surface area contributed by atoms with Gasteiger partial charge in [-0.25, -0.2) is 4.98 Å². The first-order valence-corrected chi connectivity index (χ1v) is 9.59. The lowest BCUT2D eigenvalue weighted by molar-refractivity contribution is -0.121. The molecule has 2 aromatic rings. The molecule has 1 aliphatic rings. The van der Waals surface area contributed by atoms with Crippen LogP contribution in [-0.4, -0.2) is 23.5 Å². The lowest BCUT2D eigenvalue weighted by Gasteiger charge is -2.19. The maximum absolute atomic E-state index is 12.3. The van der Waals surface area contributed by atoms with Gasteiger partial charge >= 0.3 is 0 Å². The molecule has 1 aromatic heterocycles. The number of hydrogen-bond acceptors (Lipinski definition) is 4. The fourth-order valence-electron chi connectivity index (χ4n) is 3.11. The van der Waals surface area contributed by atoms with E-state index in [4.69, 9.17) is 28.9 Å². The number of carbonyl (C=O) groups is 1. The SMILES string of the molecule is Cl.Cl.NCC1CCCC1NC(=O)Cc1csc(-c2ccc(Cl)cc2Cl)n1. The maximum Gasteiger partial charge on any atom is 0.226 e. The second kappa shape index (κ2) is 10.7. The average molecular weight is 457 g/mol. The van der Waals surface area contributed by atoms with Gasteiger partial charge in [-0.05, 0) is 43.5 Å². The van der Waals surface area contributed by atoms with Gasteiger partial charge in [0.05, 0.1) is 17.1 Å². The Hall–Kier alpha value is -0.560. The van der Waals surface area contributed by atoms with Crippen molar-refractivity contribution in [1.29, 1.82) is 0 Å². The van der Waals surface area contributed by atoms with Crippen LogP contribution in [0.5, 0.6) is 0 Å². The molecule has 1 fully saturated rings. The van der Waals surface area contributed by atoms with Crippen molar-refractivity contribution in [3.05, 3.63) is 39.3 Å². The van der Waals surface area contributed by atoms with Crippen LogP contribution < -0.4 is 11.1 Å². The largest absolute Gasteiger partial charge is 0.353 e. The van der Waals surface area contributed by atoms with E-state index in [1.807, 2.05) is 11.4 Å². The van der Waals surface area contributed by atoms with Crippen molar-refractivity contribution in [2.75, 3.05) is 6.54 Å². The summed E-state index contributed by atoms with van der Waals surface area (Å²) in [6, 6.07) is 5.52. The molecule has 1 aromatic carbocycles. The molecule has 4 nitrogen and oxygen atoms in total. The lowest BCUT2D eigenvalue weighted by atomic mass is 10.0. The van der Waals surface area contributed by atoms with Crippen LogP contribution in [0.15, 0.2) is 23.6 Å². The number of aromatic nitrogens is 1. The van der Waals surface area contributed by atoms with E-state index in [9.17, 15) is 4.79 Å². The molecule has 1 amide bonds. The highest BCUT2D eigenvalue weighted by atomic mass is 35.5. The second-order valence-electron chi connectivity index (χ2n) is 6.05. The van der Waals surface area contributed by atoms with Crippen LogP contribution in [-0.2, 0) is 11.2 Å². The molecule has 0 spiro atoms. The van der Waals surface area contributed by atoms with E-state index >= 15 is 0 Å². The van der Waals surface area contributed by atoms with Gasteiger partial charge in [0.15, 0.2) is 0 Å². The third kappa shape index (κ3) is 5.72. The molecule has 26 heavy (non-hydrogen) atoms. The number of thiazole rings is 1. The van der Waals surface area contributed by atoms with Crippen LogP contribution in [0.4, 0.5) is 0 Å². The van der Waals surface area contributed by atoms with Gasteiger partial charge in [-0.3, -0.25) is 4.79 Å². The summed E-state index contributed by atoms with van der Waals surface area (Å²) >= 11 is 13.6. The summed E-state index contributed by atoms with van der Waals surface area (Å²) in [6.45, 7) is 0.626. The first-order valence-electron chi connectivity index (χ1n) is 7.96. The van der Waals surface area contributed by atoms with Crippen molar-refractivity contribution in [3.63, 3.8) is 0 Å². The van der Waals surface area contributed by atoms with Gasteiger partial charge in [0.1, 0.15) is 5.01 Å². The number of hydrogen-bond donors (Lipinski definition) is 2. The summed E-state index contributed by atoms with van der Waals surface area (Å²) in [5.41, 5.74) is 7.34. The molecule has 3 N–H and O–H groups in total. The summed E-state index contributed by atoms with van der Waals surface area (Å²) < 4.78 is 0. The molecule has 9 heteroatoms. The van der Waals surface area contributed by atoms with Gasteiger partial charge in [-0.1, -0.05) is 29.6 Å². The summed E-state index contributed by atoms with van der Waals surface area (Å²) in [5, 5.41) is 6.94. The van der Waals surface area contributed by atoms with Gasteiger partial charge < -0.3 is 11.1 Å². The Bertz CT molecular complexity index is 741. The molecule has 3 rings (SSSR count). The molecule has 0 saturated heterocycles. The molecular weight excluding hydrogens is 436 g/mol. The van der Waals surface area contributed by atoms with Crippen molar-refractivity contribution in [3.8, 4) is 10.6 Å². The van der Waals surface area contributed by atoms with E-state index in [1.54, 1.807) is 12.1 Å². The third-order valence-electron chi connectivity index (χ3n) is 4.36. The van der Waals surface area contributed by atoms with E-state index < -0.39 is 0 Å². The minimum absolute atomic E-state index is 0. The van der Waals surface area contributed by atoms with Gasteiger partial charge in [0, 0.05) is 22.0 Å². The van der Waals surface area contributed by atoms with Crippen LogP contribution in [0.2, 0.25) is 10.0 Å².